The Morgan fingerprint density at radius 2 is 1.55 bits per heavy atom. The number of anilines is 1. The number of urea groups is 1. The summed E-state index contributed by atoms with van der Waals surface area (Å²) in [7, 11) is 0. The number of nitrogens with one attached hydrogen (secondary N) is 1. The molecule has 0 unspecified atom stereocenters. The Balaban J connectivity index is 1.17. The largest absolute Gasteiger partial charge is 0.338 e. The van der Waals surface area contributed by atoms with Crippen LogP contribution in [0.15, 0.2) is 54.6 Å². The fourth-order valence-corrected chi connectivity index (χ4v) is 5.01. The molecular weight excluding hydrogens is 386 g/mol. The molecule has 31 heavy (non-hydrogen) atoms. The lowest BCUT2D eigenvalue weighted by atomic mass is 9.98. The fraction of sp³-hybridized carbons (Fsp3) is 0.385. The number of hydrogen-bond acceptors (Lipinski definition) is 2. The van der Waals surface area contributed by atoms with Crippen LogP contribution in [-0.4, -0.2) is 34.8 Å². The average molecular weight is 416 g/mol. The Morgan fingerprint density at radius 3 is 2.16 bits per heavy atom. The molecule has 1 N–H and O–H groups in total. The highest BCUT2D eigenvalue weighted by Crippen LogP contribution is 2.29. The Bertz CT molecular complexity index is 981. The SMILES string of the molecule is O=C(Nc1ccc(C2=CCN(C(=O)C3CCCC3)CC2)cc1)N1Cc2ccccc2C1. The molecule has 0 aromatic heterocycles. The van der Waals surface area contributed by atoms with Crippen LogP contribution in [0.25, 0.3) is 5.57 Å². The number of nitrogens with zero attached hydrogens (tertiary/aromatic N) is 2. The van der Waals surface area contributed by atoms with Crippen molar-refractivity contribution in [3.63, 3.8) is 0 Å². The van der Waals surface area contributed by atoms with E-state index in [1.54, 1.807) is 0 Å². The van der Waals surface area contributed by atoms with E-state index < -0.39 is 0 Å². The molecule has 160 valence electrons. The number of rotatable bonds is 3. The first-order valence-electron chi connectivity index (χ1n) is 11.4. The molecule has 2 heterocycles. The molecule has 1 fully saturated rings. The normalized spacial score (nSPS) is 18.6. The summed E-state index contributed by atoms with van der Waals surface area (Å²) in [6.45, 7) is 2.82. The molecule has 1 saturated carbocycles. The molecule has 3 amide bonds. The van der Waals surface area contributed by atoms with Gasteiger partial charge in [0.1, 0.15) is 0 Å². The van der Waals surface area contributed by atoms with E-state index in [1.807, 2.05) is 34.1 Å². The predicted octanol–water partition coefficient (Wildman–Crippen LogP) is 5.04. The van der Waals surface area contributed by atoms with Gasteiger partial charge >= 0.3 is 6.03 Å². The van der Waals surface area contributed by atoms with E-state index in [0.29, 0.717) is 25.5 Å². The van der Waals surface area contributed by atoms with Crippen molar-refractivity contribution in [1.29, 1.82) is 0 Å². The van der Waals surface area contributed by atoms with Crippen molar-refractivity contribution in [2.75, 3.05) is 18.4 Å². The Hall–Kier alpha value is -3.08. The van der Waals surface area contributed by atoms with Crippen LogP contribution in [0.4, 0.5) is 10.5 Å². The predicted molar refractivity (Wildman–Crippen MR) is 122 cm³/mol. The molecule has 2 aliphatic heterocycles. The van der Waals surface area contributed by atoms with Crippen molar-refractivity contribution in [3.05, 3.63) is 71.3 Å². The van der Waals surface area contributed by atoms with Crippen LogP contribution in [0.5, 0.6) is 0 Å². The minimum atomic E-state index is -0.0677. The third kappa shape index (κ3) is 4.22. The first kappa shape index (κ1) is 19.9. The summed E-state index contributed by atoms with van der Waals surface area (Å²) in [5.41, 5.74) is 5.69. The van der Waals surface area contributed by atoms with E-state index in [4.69, 9.17) is 0 Å². The number of hydrogen-bond donors (Lipinski definition) is 1. The van der Waals surface area contributed by atoms with Crippen LogP contribution >= 0.6 is 0 Å². The molecule has 0 atom stereocenters. The highest BCUT2D eigenvalue weighted by molar-refractivity contribution is 5.90. The molecule has 1 aliphatic carbocycles. The minimum Gasteiger partial charge on any atom is -0.338 e. The highest BCUT2D eigenvalue weighted by atomic mass is 16.2. The molecule has 5 nitrogen and oxygen atoms in total. The first-order chi connectivity index (χ1) is 15.2. The second-order valence-corrected chi connectivity index (χ2v) is 8.88. The zero-order chi connectivity index (χ0) is 21.2. The van der Waals surface area contributed by atoms with E-state index in [-0.39, 0.29) is 11.9 Å². The topological polar surface area (TPSA) is 52.7 Å². The van der Waals surface area contributed by atoms with Crippen molar-refractivity contribution in [1.82, 2.24) is 9.80 Å². The van der Waals surface area contributed by atoms with Crippen LogP contribution in [0.3, 0.4) is 0 Å². The number of fused-ring (bicyclic) bond motifs is 1. The van der Waals surface area contributed by atoms with Gasteiger partial charge in [0.05, 0.1) is 0 Å². The van der Waals surface area contributed by atoms with Gasteiger partial charge in [-0.1, -0.05) is 55.3 Å². The van der Waals surface area contributed by atoms with Gasteiger partial charge in [-0.15, -0.1) is 0 Å². The van der Waals surface area contributed by atoms with Crippen molar-refractivity contribution in [2.45, 2.75) is 45.2 Å². The lowest BCUT2D eigenvalue weighted by Crippen LogP contribution is -2.38. The van der Waals surface area contributed by atoms with Gasteiger partial charge in [0.25, 0.3) is 0 Å². The van der Waals surface area contributed by atoms with E-state index in [9.17, 15) is 9.59 Å². The quantitative estimate of drug-likeness (QED) is 0.764. The summed E-state index contributed by atoms with van der Waals surface area (Å²) in [6, 6.07) is 16.2. The van der Waals surface area contributed by atoms with Crippen LogP contribution < -0.4 is 5.32 Å². The van der Waals surface area contributed by atoms with Gasteiger partial charge in [0.15, 0.2) is 0 Å². The molecule has 0 spiro atoms. The molecule has 0 bridgehead atoms. The Morgan fingerprint density at radius 1 is 0.871 bits per heavy atom. The summed E-state index contributed by atoms with van der Waals surface area (Å²) < 4.78 is 0. The summed E-state index contributed by atoms with van der Waals surface area (Å²) in [6.07, 6.45) is 7.57. The minimum absolute atomic E-state index is 0.0677. The summed E-state index contributed by atoms with van der Waals surface area (Å²) >= 11 is 0. The monoisotopic (exact) mass is 415 g/mol. The molecule has 5 heteroatoms. The van der Waals surface area contributed by atoms with Crippen LogP contribution in [0.1, 0.15) is 48.8 Å². The van der Waals surface area contributed by atoms with E-state index in [1.165, 1.54) is 35.1 Å². The number of amides is 3. The van der Waals surface area contributed by atoms with Crippen molar-refractivity contribution in [3.8, 4) is 0 Å². The summed E-state index contributed by atoms with van der Waals surface area (Å²) in [5.74, 6) is 0.594. The maximum atomic E-state index is 12.6. The molecular formula is C26H29N3O2. The number of carbonyl (C=O) groups excluding carboxylic acids is 2. The third-order valence-corrected chi connectivity index (χ3v) is 6.86. The average Bonchev–Trinajstić information content (AvgIpc) is 3.49. The van der Waals surface area contributed by atoms with Crippen molar-refractivity contribution >= 4 is 23.2 Å². The van der Waals surface area contributed by atoms with Crippen LogP contribution in [0, 0.1) is 5.92 Å². The zero-order valence-electron chi connectivity index (χ0n) is 17.8. The van der Waals surface area contributed by atoms with Gasteiger partial charge in [-0.25, -0.2) is 4.79 Å². The Kier molecular flexibility index (Phi) is 5.49. The maximum Gasteiger partial charge on any atom is 0.322 e. The van der Waals surface area contributed by atoms with Gasteiger partial charge in [0.2, 0.25) is 5.91 Å². The van der Waals surface area contributed by atoms with Crippen LogP contribution in [-0.2, 0) is 17.9 Å². The maximum absolute atomic E-state index is 12.6. The zero-order valence-corrected chi connectivity index (χ0v) is 17.8. The van der Waals surface area contributed by atoms with Crippen molar-refractivity contribution in [2.24, 2.45) is 5.92 Å². The number of benzene rings is 2. The van der Waals surface area contributed by atoms with Gasteiger partial charge in [-0.2, -0.15) is 0 Å². The van der Waals surface area contributed by atoms with Gasteiger partial charge in [-0.3, -0.25) is 4.79 Å². The van der Waals surface area contributed by atoms with E-state index >= 15 is 0 Å². The molecule has 2 aromatic rings. The first-order valence-corrected chi connectivity index (χ1v) is 11.4. The third-order valence-electron chi connectivity index (χ3n) is 6.86. The van der Waals surface area contributed by atoms with Gasteiger partial charge in [0, 0.05) is 37.8 Å². The van der Waals surface area contributed by atoms with Gasteiger partial charge < -0.3 is 15.1 Å². The van der Waals surface area contributed by atoms with Gasteiger partial charge in [-0.05, 0) is 53.7 Å². The lowest BCUT2D eigenvalue weighted by Gasteiger charge is -2.29. The van der Waals surface area contributed by atoms with Crippen molar-refractivity contribution < 1.29 is 9.59 Å². The summed E-state index contributed by atoms with van der Waals surface area (Å²) in [5, 5.41) is 3.02. The molecule has 2 aromatic carbocycles. The van der Waals surface area contributed by atoms with Crippen LogP contribution in [0.2, 0.25) is 0 Å². The molecule has 0 saturated heterocycles. The second kappa shape index (κ2) is 8.58. The highest BCUT2D eigenvalue weighted by Gasteiger charge is 2.28. The van der Waals surface area contributed by atoms with E-state index in [0.717, 1.165) is 31.5 Å². The smallest absolute Gasteiger partial charge is 0.322 e. The van der Waals surface area contributed by atoms with E-state index in [2.05, 4.69) is 35.7 Å². The fourth-order valence-electron chi connectivity index (χ4n) is 5.01. The second-order valence-electron chi connectivity index (χ2n) is 8.88. The Labute approximate surface area is 183 Å². The number of carbonyl (C=O) groups is 2. The molecule has 3 aliphatic rings. The summed E-state index contributed by atoms with van der Waals surface area (Å²) in [4.78, 5) is 29.1. The molecule has 5 rings (SSSR count). The standard InChI is InChI=1S/C26H29N3O2/c30-25(21-5-1-2-6-21)28-15-13-20(14-16-28)19-9-11-24(12-10-19)27-26(31)29-17-22-7-3-4-8-23(22)18-29/h3-4,7-13,21H,1-2,5-6,14-18H2,(H,27,31). The lowest BCUT2D eigenvalue weighted by molar-refractivity contribution is -0.134. The molecule has 0 radical (unpaired) electrons.